The molecule has 1 fully saturated rings. The molecule has 0 saturated heterocycles. The van der Waals surface area contributed by atoms with E-state index in [1.54, 1.807) is 17.3 Å². The molecule has 1 nitrogen and oxygen atoms in total. The largest absolute Gasteiger partial charge is 0.371 e. The lowest BCUT2D eigenvalue weighted by atomic mass is 9.91. The lowest BCUT2D eigenvalue weighted by Crippen LogP contribution is -1.96. The highest BCUT2D eigenvalue weighted by Crippen LogP contribution is 2.25. The molecule has 0 spiro atoms. The number of allylic oxidation sites excluding steroid dienone is 2. The highest BCUT2D eigenvalue weighted by molar-refractivity contribution is 7.98. The molecule has 0 aromatic carbocycles. The summed E-state index contributed by atoms with van der Waals surface area (Å²) in [4.78, 5) is 0. The zero-order valence-corrected chi connectivity index (χ0v) is 10.1. The molecule has 0 heterocycles. The Morgan fingerprint density at radius 1 is 1.29 bits per heavy atom. The molecule has 0 aromatic rings. The average molecular weight is 214 g/mol. The summed E-state index contributed by atoms with van der Waals surface area (Å²) in [6.45, 7) is 0.942. The standard InChI is InChI=1S/C12H22OS/c1-14-11-13-10-5-3-2-4-7-12-8-6-9-12/h7H,2-6,8-11H2,1H3. The molecule has 1 rings (SSSR count). The van der Waals surface area contributed by atoms with Crippen LogP contribution >= 0.6 is 11.8 Å². The Labute approximate surface area is 92.3 Å². The molecule has 1 aliphatic rings. The van der Waals surface area contributed by atoms with Gasteiger partial charge in [-0.15, -0.1) is 11.8 Å². The van der Waals surface area contributed by atoms with Gasteiger partial charge in [0, 0.05) is 6.61 Å². The van der Waals surface area contributed by atoms with Crippen LogP contribution in [0, 0.1) is 0 Å². The summed E-state index contributed by atoms with van der Waals surface area (Å²) in [6.07, 6.45) is 13.9. The smallest absolute Gasteiger partial charge is 0.0918 e. The fraction of sp³-hybridized carbons (Fsp3) is 0.833. The van der Waals surface area contributed by atoms with E-state index in [4.69, 9.17) is 4.74 Å². The molecule has 0 aliphatic heterocycles. The molecule has 14 heavy (non-hydrogen) atoms. The van der Waals surface area contributed by atoms with Crippen molar-refractivity contribution in [3.63, 3.8) is 0 Å². The number of unbranched alkanes of at least 4 members (excludes halogenated alkanes) is 3. The third kappa shape index (κ3) is 5.71. The quantitative estimate of drug-likeness (QED) is 0.343. The fourth-order valence-corrected chi connectivity index (χ4v) is 1.84. The molecule has 0 amide bonds. The zero-order valence-electron chi connectivity index (χ0n) is 9.26. The van der Waals surface area contributed by atoms with E-state index in [1.165, 1.54) is 44.9 Å². The molecule has 0 atom stereocenters. The van der Waals surface area contributed by atoms with Crippen molar-refractivity contribution in [2.24, 2.45) is 0 Å². The first-order chi connectivity index (χ1) is 6.93. The number of ether oxygens (including phenoxy) is 1. The Morgan fingerprint density at radius 2 is 2.14 bits per heavy atom. The van der Waals surface area contributed by atoms with Crippen LogP contribution in [0.15, 0.2) is 11.6 Å². The zero-order chi connectivity index (χ0) is 10.1. The van der Waals surface area contributed by atoms with E-state index in [9.17, 15) is 0 Å². The van der Waals surface area contributed by atoms with E-state index >= 15 is 0 Å². The van der Waals surface area contributed by atoms with E-state index < -0.39 is 0 Å². The van der Waals surface area contributed by atoms with Gasteiger partial charge in [-0.1, -0.05) is 18.1 Å². The maximum atomic E-state index is 5.39. The predicted molar refractivity (Wildman–Crippen MR) is 64.7 cm³/mol. The van der Waals surface area contributed by atoms with Crippen molar-refractivity contribution >= 4 is 11.8 Å². The van der Waals surface area contributed by atoms with Crippen molar-refractivity contribution in [3.05, 3.63) is 11.6 Å². The van der Waals surface area contributed by atoms with Gasteiger partial charge in [-0.05, 0) is 44.8 Å². The van der Waals surface area contributed by atoms with Gasteiger partial charge in [-0.3, -0.25) is 0 Å². The first kappa shape index (κ1) is 12.1. The van der Waals surface area contributed by atoms with Crippen molar-refractivity contribution in [1.82, 2.24) is 0 Å². The minimum Gasteiger partial charge on any atom is -0.371 e. The molecule has 0 unspecified atom stereocenters. The molecular formula is C12H22OS. The highest BCUT2D eigenvalue weighted by Gasteiger charge is 2.06. The number of thioether (sulfide) groups is 1. The molecular weight excluding hydrogens is 192 g/mol. The molecule has 1 aliphatic carbocycles. The predicted octanol–water partition coefficient (Wildman–Crippen LogP) is 3.99. The molecule has 1 saturated carbocycles. The van der Waals surface area contributed by atoms with Gasteiger partial charge < -0.3 is 4.74 Å². The van der Waals surface area contributed by atoms with Crippen molar-refractivity contribution in [3.8, 4) is 0 Å². The highest BCUT2D eigenvalue weighted by atomic mass is 32.2. The monoisotopic (exact) mass is 214 g/mol. The molecule has 2 heteroatoms. The van der Waals surface area contributed by atoms with Crippen LogP contribution in [0.1, 0.15) is 44.9 Å². The number of hydrogen-bond donors (Lipinski definition) is 0. The van der Waals surface area contributed by atoms with Gasteiger partial charge in [0.25, 0.3) is 0 Å². The lowest BCUT2D eigenvalue weighted by Gasteiger charge is -2.15. The maximum Gasteiger partial charge on any atom is 0.0918 e. The summed E-state index contributed by atoms with van der Waals surface area (Å²) in [6, 6.07) is 0. The molecule has 0 aromatic heterocycles. The van der Waals surface area contributed by atoms with Crippen molar-refractivity contribution in [2.75, 3.05) is 18.8 Å². The van der Waals surface area contributed by atoms with Gasteiger partial charge in [0.15, 0.2) is 0 Å². The van der Waals surface area contributed by atoms with Crippen LogP contribution in [0.3, 0.4) is 0 Å². The topological polar surface area (TPSA) is 9.23 Å². The minimum absolute atomic E-state index is 0.851. The van der Waals surface area contributed by atoms with Crippen LogP contribution in [0.5, 0.6) is 0 Å². The second-order valence-electron chi connectivity index (χ2n) is 3.88. The SMILES string of the molecule is CSCOCCCCCC=C1CCC1. The number of rotatable bonds is 8. The van der Waals surface area contributed by atoms with Crippen molar-refractivity contribution in [1.29, 1.82) is 0 Å². The van der Waals surface area contributed by atoms with E-state index in [-0.39, 0.29) is 0 Å². The normalized spacial score (nSPS) is 15.4. The molecule has 0 bridgehead atoms. The van der Waals surface area contributed by atoms with Gasteiger partial charge in [0.1, 0.15) is 0 Å². The average Bonchev–Trinajstić information content (AvgIpc) is 2.13. The maximum absolute atomic E-state index is 5.39. The van der Waals surface area contributed by atoms with Crippen molar-refractivity contribution in [2.45, 2.75) is 44.9 Å². The summed E-state index contributed by atoms with van der Waals surface area (Å²) >= 11 is 1.75. The molecule has 0 radical (unpaired) electrons. The Morgan fingerprint density at radius 3 is 2.79 bits per heavy atom. The third-order valence-corrected chi connectivity index (χ3v) is 3.03. The Bertz CT molecular complexity index is 160. The van der Waals surface area contributed by atoms with Crippen LogP contribution in [0.25, 0.3) is 0 Å². The van der Waals surface area contributed by atoms with Gasteiger partial charge in [0.05, 0.1) is 5.94 Å². The molecule has 82 valence electrons. The second kappa shape index (κ2) is 8.37. The first-order valence-electron chi connectivity index (χ1n) is 5.68. The number of hydrogen-bond acceptors (Lipinski definition) is 2. The lowest BCUT2D eigenvalue weighted by molar-refractivity contribution is 0.177. The van der Waals surface area contributed by atoms with Crippen molar-refractivity contribution < 1.29 is 4.74 Å². The van der Waals surface area contributed by atoms with Gasteiger partial charge in [-0.25, -0.2) is 0 Å². The Hall–Kier alpha value is 0.0500. The van der Waals surface area contributed by atoms with Crippen LogP contribution in [-0.2, 0) is 4.74 Å². The summed E-state index contributed by atoms with van der Waals surface area (Å²) < 4.78 is 5.39. The summed E-state index contributed by atoms with van der Waals surface area (Å²) in [7, 11) is 0. The second-order valence-corrected chi connectivity index (χ2v) is 4.69. The van der Waals surface area contributed by atoms with E-state index in [2.05, 4.69) is 12.3 Å². The van der Waals surface area contributed by atoms with E-state index in [0.29, 0.717) is 0 Å². The molecule has 0 N–H and O–H groups in total. The van der Waals surface area contributed by atoms with Gasteiger partial charge >= 0.3 is 0 Å². The Balaban J connectivity index is 1.75. The van der Waals surface area contributed by atoms with Crippen LogP contribution in [0.2, 0.25) is 0 Å². The fourth-order valence-electron chi connectivity index (χ4n) is 1.56. The summed E-state index contributed by atoms with van der Waals surface area (Å²) in [5.41, 5.74) is 1.70. The van der Waals surface area contributed by atoms with Crippen LogP contribution in [-0.4, -0.2) is 18.8 Å². The van der Waals surface area contributed by atoms with Gasteiger partial charge in [0.2, 0.25) is 0 Å². The van der Waals surface area contributed by atoms with Gasteiger partial charge in [-0.2, -0.15) is 0 Å². The summed E-state index contributed by atoms with van der Waals surface area (Å²) in [5.74, 6) is 0.851. The Kier molecular flexibility index (Phi) is 7.24. The summed E-state index contributed by atoms with van der Waals surface area (Å²) in [5, 5.41) is 0. The van der Waals surface area contributed by atoms with E-state index in [1.807, 2.05) is 0 Å². The third-order valence-electron chi connectivity index (χ3n) is 2.62. The first-order valence-corrected chi connectivity index (χ1v) is 7.07. The minimum atomic E-state index is 0.851. The van der Waals surface area contributed by atoms with E-state index in [0.717, 1.165) is 12.5 Å². The van der Waals surface area contributed by atoms with Crippen LogP contribution < -0.4 is 0 Å². The van der Waals surface area contributed by atoms with Crippen LogP contribution in [0.4, 0.5) is 0 Å².